The number of hydrogen-bond acceptors (Lipinski definition) is 3. The first kappa shape index (κ1) is 19.5. The van der Waals surface area contributed by atoms with Gasteiger partial charge in [-0.2, -0.15) is 0 Å². The molecule has 5 nitrogen and oxygen atoms in total. The zero-order valence-corrected chi connectivity index (χ0v) is 15.8. The fourth-order valence-electron chi connectivity index (χ4n) is 2.82. The van der Waals surface area contributed by atoms with E-state index in [0.29, 0.717) is 13.0 Å². The lowest BCUT2D eigenvalue weighted by molar-refractivity contribution is -0.132. The molecule has 0 atom stereocenters. The van der Waals surface area contributed by atoms with Crippen molar-refractivity contribution in [1.29, 1.82) is 0 Å². The van der Waals surface area contributed by atoms with E-state index in [-0.39, 0.29) is 18.4 Å². The van der Waals surface area contributed by atoms with Crippen LogP contribution in [0.25, 0.3) is 0 Å². The fraction of sp³-hybridized carbons (Fsp3) is 0.333. The summed E-state index contributed by atoms with van der Waals surface area (Å²) in [6.07, 6.45) is 0.681. The van der Waals surface area contributed by atoms with Crippen LogP contribution < -0.4 is 10.1 Å². The summed E-state index contributed by atoms with van der Waals surface area (Å²) < 4.78 is 5.14. The van der Waals surface area contributed by atoms with E-state index in [2.05, 4.69) is 5.32 Å². The molecule has 0 aromatic heterocycles. The number of hydrogen-bond donors (Lipinski definition) is 1. The van der Waals surface area contributed by atoms with Crippen molar-refractivity contribution in [2.45, 2.75) is 27.2 Å². The zero-order chi connectivity index (χ0) is 19.1. The molecule has 0 radical (unpaired) electrons. The van der Waals surface area contributed by atoms with Gasteiger partial charge in [0.25, 0.3) is 0 Å². The van der Waals surface area contributed by atoms with Crippen molar-refractivity contribution in [1.82, 2.24) is 4.90 Å². The van der Waals surface area contributed by atoms with Crippen molar-refractivity contribution >= 4 is 17.5 Å². The minimum atomic E-state index is -0.195. The number of nitrogens with one attached hydrogen (secondary N) is 1. The van der Waals surface area contributed by atoms with Crippen molar-refractivity contribution < 1.29 is 14.3 Å². The Labute approximate surface area is 155 Å². The molecule has 1 N–H and O–H groups in total. The maximum atomic E-state index is 12.3. The third-order valence-electron chi connectivity index (χ3n) is 4.11. The summed E-state index contributed by atoms with van der Waals surface area (Å²) >= 11 is 0. The van der Waals surface area contributed by atoms with Gasteiger partial charge in [0.05, 0.1) is 13.7 Å². The van der Waals surface area contributed by atoms with E-state index in [1.165, 1.54) is 6.92 Å². The van der Waals surface area contributed by atoms with E-state index in [4.69, 9.17) is 4.74 Å². The predicted octanol–water partition coefficient (Wildman–Crippen LogP) is 3.34. The molecular formula is C21H26N2O3. The van der Waals surface area contributed by atoms with Gasteiger partial charge in [0.1, 0.15) is 5.75 Å². The lowest BCUT2D eigenvalue weighted by Gasteiger charge is -2.21. The number of ether oxygens (including phenoxy) is 1. The van der Waals surface area contributed by atoms with Crippen molar-refractivity contribution in [3.63, 3.8) is 0 Å². The highest BCUT2D eigenvalue weighted by molar-refractivity contribution is 5.94. The van der Waals surface area contributed by atoms with Crippen LogP contribution in [0.2, 0.25) is 0 Å². The number of rotatable bonds is 7. The van der Waals surface area contributed by atoms with Gasteiger partial charge >= 0.3 is 0 Å². The van der Waals surface area contributed by atoms with Gasteiger partial charge < -0.3 is 15.0 Å². The molecule has 26 heavy (non-hydrogen) atoms. The number of aryl methyl sites for hydroxylation is 2. The maximum absolute atomic E-state index is 12.3. The number of benzene rings is 2. The molecule has 0 bridgehead atoms. The van der Waals surface area contributed by atoms with Gasteiger partial charge in [-0.3, -0.25) is 9.59 Å². The smallest absolute Gasteiger partial charge is 0.243 e. The van der Waals surface area contributed by atoms with Crippen molar-refractivity contribution in [2.75, 3.05) is 25.5 Å². The number of amides is 2. The number of carbonyl (C=O) groups excluding carboxylic acids is 2. The molecular weight excluding hydrogens is 328 g/mol. The van der Waals surface area contributed by atoms with Gasteiger partial charge in [0.15, 0.2) is 0 Å². The topological polar surface area (TPSA) is 58.6 Å². The molecule has 0 saturated carbocycles. The van der Waals surface area contributed by atoms with E-state index in [1.807, 2.05) is 56.3 Å². The van der Waals surface area contributed by atoms with Crippen LogP contribution in [0.5, 0.6) is 5.75 Å². The van der Waals surface area contributed by atoms with E-state index >= 15 is 0 Å². The van der Waals surface area contributed by atoms with E-state index in [1.54, 1.807) is 12.0 Å². The molecule has 138 valence electrons. The molecule has 5 heteroatoms. The van der Waals surface area contributed by atoms with Crippen LogP contribution in [0.3, 0.4) is 0 Å². The first-order valence-electron chi connectivity index (χ1n) is 8.64. The van der Waals surface area contributed by atoms with Gasteiger partial charge in [-0.15, -0.1) is 0 Å². The van der Waals surface area contributed by atoms with Crippen LogP contribution in [-0.4, -0.2) is 36.9 Å². The molecule has 0 aliphatic carbocycles. The molecule has 2 aromatic rings. The lowest BCUT2D eigenvalue weighted by Crippen LogP contribution is -2.38. The third-order valence-corrected chi connectivity index (χ3v) is 4.11. The molecule has 0 heterocycles. The van der Waals surface area contributed by atoms with Gasteiger partial charge in [-0.1, -0.05) is 18.2 Å². The summed E-state index contributed by atoms with van der Waals surface area (Å²) in [6, 6.07) is 13.6. The Morgan fingerprint density at radius 3 is 2.19 bits per heavy atom. The van der Waals surface area contributed by atoms with Crippen molar-refractivity contribution in [3.8, 4) is 5.75 Å². The van der Waals surface area contributed by atoms with Gasteiger partial charge in [-0.05, 0) is 61.2 Å². The zero-order valence-electron chi connectivity index (χ0n) is 15.8. The van der Waals surface area contributed by atoms with Gasteiger partial charge in [0.2, 0.25) is 11.8 Å². The number of anilines is 1. The summed E-state index contributed by atoms with van der Waals surface area (Å²) in [7, 11) is 1.63. The highest BCUT2D eigenvalue weighted by Gasteiger charge is 2.14. The van der Waals surface area contributed by atoms with Gasteiger partial charge in [-0.25, -0.2) is 0 Å². The Morgan fingerprint density at radius 2 is 1.65 bits per heavy atom. The molecule has 2 amide bonds. The largest absolute Gasteiger partial charge is 0.497 e. The Bertz CT molecular complexity index is 749. The second kappa shape index (κ2) is 9.04. The molecule has 0 fully saturated rings. The summed E-state index contributed by atoms with van der Waals surface area (Å²) in [5, 5.41) is 2.87. The summed E-state index contributed by atoms with van der Waals surface area (Å²) in [4.78, 5) is 25.8. The Hall–Kier alpha value is -2.82. The second-order valence-corrected chi connectivity index (χ2v) is 6.46. The first-order chi connectivity index (χ1) is 12.4. The number of nitrogens with zero attached hydrogens (tertiary/aromatic N) is 1. The van der Waals surface area contributed by atoms with Crippen LogP contribution in [0.1, 0.15) is 23.6 Å². The SMILES string of the molecule is COc1ccc(CCN(CC(=O)Nc2cc(C)cc(C)c2)C(C)=O)cc1. The quantitative estimate of drug-likeness (QED) is 0.830. The monoisotopic (exact) mass is 354 g/mol. The molecule has 2 aromatic carbocycles. The van der Waals surface area contributed by atoms with Gasteiger partial charge in [0, 0.05) is 19.2 Å². The standard InChI is InChI=1S/C21H26N2O3/c1-15-11-16(2)13-19(12-15)22-21(25)14-23(17(3)24)10-9-18-5-7-20(26-4)8-6-18/h5-8,11-13H,9-10,14H2,1-4H3,(H,22,25). The van der Waals surface area contributed by atoms with Crippen molar-refractivity contribution in [3.05, 3.63) is 59.2 Å². The molecule has 0 spiro atoms. The average molecular weight is 354 g/mol. The molecule has 0 aliphatic heterocycles. The predicted molar refractivity (Wildman–Crippen MR) is 103 cm³/mol. The first-order valence-corrected chi connectivity index (χ1v) is 8.64. The molecule has 0 unspecified atom stereocenters. The number of carbonyl (C=O) groups is 2. The molecule has 0 aliphatic rings. The van der Waals surface area contributed by atoms with E-state index in [0.717, 1.165) is 28.1 Å². The Morgan fingerprint density at radius 1 is 1.04 bits per heavy atom. The Balaban J connectivity index is 1.93. The number of methoxy groups -OCH3 is 1. The van der Waals surface area contributed by atoms with Crippen LogP contribution in [-0.2, 0) is 16.0 Å². The minimum absolute atomic E-state index is 0.0402. The van der Waals surface area contributed by atoms with Crippen LogP contribution in [0.4, 0.5) is 5.69 Å². The highest BCUT2D eigenvalue weighted by Crippen LogP contribution is 2.14. The van der Waals surface area contributed by atoms with Crippen LogP contribution in [0, 0.1) is 13.8 Å². The average Bonchev–Trinajstić information content (AvgIpc) is 2.57. The van der Waals surface area contributed by atoms with Crippen LogP contribution >= 0.6 is 0 Å². The van der Waals surface area contributed by atoms with Crippen molar-refractivity contribution in [2.24, 2.45) is 0 Å². The Kier molecular flexibility index (Phi) is 6.78. The molecule has 2 rings (SSSR count). The summed E-state index contributed by atoms with van der Waals surface area (Å²) in [5.41, 5.74) is 4.02. The normalized spacial score (nSPS) is 10.3. The van der Waals surface area contributed by atoms with E-state index in [9.17, 15) is 9.59 Å². The maximum Gasteiger partial charge on any atom is 0.243 e. The molecule has 0 saturated heterocycles. The third kappa shape index (κ3) is 5.92. The van der Waals surface area contributed by atoms with E-state index < -0.39 is 0 Å². The summed E-state index contributed by atoms with van der Waals surface area (Å²) in [5.74, 6) is 0.485. The summed E-state index contributed by atoms with van der Waals surface area (Å²) in [6.45, 7) is 5.98. The lowest BCUT2D eigenvalue weighted by atomic mass is 10.1. The minimum Gasteiger partial charge on any atom is -0.497 e. The highest BCUT2D eigenvalue weighted by atomic mass is 16.5. The second-order valence-electron chi connectivity index (χ2n) is 6.46. The fourth-order valence-corrected chi connectivity index (χ4v) is 2.82. The van der Waals surface area contributed by atoms with Crippen LogP contribution in [0.15, 0.2) is 42.5 Å².